The first kappa shape index (κ1) is 21.6. The Kier molecular flexibility index (Phi) is 9.65. The summed E-state index contributed by atoms with van der Waals surface area (Å²) in [6.45, 7) is 5.64. The summed E-state index contributed by atoms with van der Waals surface area (Å²) in [4.78, 5) is 24.3. The van der Waals surface area contributed by atoms with Crippen LogP contribution in [0.2, 0.25) is 0 Å². The minimum absolute atomic E-state index is 0.0659. The first-order chi connectivity index (χ1) is 11.9. The summed E-state index contributed by atoms with van der Waals surface area (Å²) in [5, 5.41) is 0. The third-order valence-electron chi connectivity index (χ3n) is 3.33. The van der Waals surface area contributed by atoms with Gasteiger partial charge in [0.15, 0.2) is 0 Å². The highest BCUT2D eigenvalue weighted by atomic mass is 31.2. The molecule has 0 amide bonds. The van der Waals surface area contributed by atoms with E-state index in [1.807, 2.05) is 25.1 Å². The van der Waals surface area contributed by atoms with Gasteiger partial charge in [-0.1, -0.05) is 37.3 Å². The number of rotatable bonds is 12. The van der Waals surface area contributed by atoms with Crippen molar-refractivity contribution < 1.29 is 27.9 Å². The Morgan fingerprint density at radius 3 is 2.16 bits per heavy atom. The molecular weight excluding hydrogens is 343 g/mol. The molecule has 1 rings (SSSR count). The molecule has 0 fully saturated rings. The number of ether oxygens (including phenoxy) is 1. The molecule has 0 unspecified atom stereocenters. The first-order valence-corrected chi connectivity index (χ1v) is 10.3. The standard InChI is InChI=1S/C18H27O6P/c1-4-10-18(20)24-17(15-11-8-7-9-12-15)13-16(19)14-25(21,22-5-2)23-6-3/h7-9,11-12,17H,4-6,10,13-14H2,1-3H3/t17-/m0/s1. The molecule has 0 aliphatic carbocycles. The highest BCUT2D eigenvalue weighted by molar-refractivity contribution is 7.54. The van der Waals surface area contributed by atoms with Crippen LogP contribution in [0.5, 0.6) is 0 Å². The van der Waals surface area contributed by atoms with Crippen LogP contribution in [-0.4, -0.2) is 31.1 Å². The van der Waals surface area contributed by atoms with Crippen molar-refractivity contribution in [3.05, 3.63) is 35.9 Å². The molecule has 0 heterocycles. The van der Waals surface area contributed by atoms with Crippen LogP contribution in [0.4, 0.5) is 0 Å². The predicted molar refractivity (Wildman–Crippen MR) is 95.5 cm³/mol. The van der Waals surface area contributed by atoms with E-state index in [-0.39, 0.29) is 44.0 Å². The Labute approximate surface area is 149 Å². The average Bonchev–Trinajstić information content (AvgIpc) is 2.55. The molecule has 0 N–H and O–H groups in total. The quantitative estimate of drug-likeness (QED) is 0.403. The zero-order valence-corrected chi connectivity index (χ0v) is 16.0. The van der Waals surface area contributed by atoms with Gasteiger partial charge < -0.3 is 13.8 Å². The number of carbonyl (C=O) groups is 2. The van der Waals surface area contributed by atoms with Gasteiger partial charge in [0.05, 0.1) is 13.2 Å². The van der Waals surface area contributed by atoms with Crippen molar-refractivity contribution in [1.82, 2.24) is 0 Å². The van der Waals surface area contributed by atoms with E-state index in [4.69, 9.17) is 13.8 Å². The Balaban J connectivity index is 2.84. The fraction of sp³-hybridized carbons (Fsp3) is 0.556. The summed E-state index contributed by atoms with van der Waals surface area (Å²) in [6, 6.07) is 9.05. The molecule has 0 saturated carbocycles. The van der Waals surface area contributed by atoms with Gasteiger partial charge in [-0.2, -0.15) is 0 Å². The molecular formula is C18H27O6P. The molecule has 25 heavy (non-hydrogen) atoms. The van der Waals surface area contributed by atoms with Crippen LogP contribution < -0.4 is 0 Å². The third kappa shape index (κ3) is 7.95. The van der Waals surface area contributed by atoms with Crippen LogP contribution in [-0.2, 0) is 27.9 Å². The van der Waals surface area contributed by atoms with E-state index in [1.165, 1.54) is 0 Å². The molecule has 6 nitrogen and oxygen atoms in total. The van der Waals surface area contributed by atoms with E-state index in [1.54, 1.807) is 26.0 Å². The molecule has 1 aromatic rings. The second kappa shape index (κ2) is 11.2. The Morgan fingerprint density at radius 1 is 1.04 bits per heavy atom. The van der Waals surface area contributed by atoms with Crippen molar-refractivity contribution in [3.8, 4) is 0 Å². The van der Waals surface area contributed by atoms with Gasteiger partial charge in [-0.25, -0.2) is 0 Å². The summed E-state index contributed by atoms with van der Waals surface area (Å²) in [6.07, 6.45) is -0.150. The van der Waals surface area contributed by atoms with Crippen molar-refractivity contribution in [2.75, 3.05) is 19.4 Å². The molecule has 0 aliphatic rings. The minimum Gasteiger partial charge on any atom is -0.457 e. The monoisotopic (exact) mass is 370 g/mol. The normalized spacial score (nSPS) is 12.6. The molecule has 0 radical (unpaired) electrons. The van der Waals surface area contributed by atoms with Gasteiger partial charge in [-0.05, 0) is 25.8 Å². The number of hydrogen-bond acceptors (Lipinski definition) is 6. The molecule has 0 bridgehead atoms. The van der Waals surface area contributed by atoms with Gasteiger partial charge in [-0.15, -0.1) is 0 Å². The molecule has 1 aromatic carbocycles. The van der Waals surface area contributed by atoms with Gasteiger partial charge in [0.1, 0.15) is 18.0 Å². The van der Waals surface area contributed by atoms with E-state index < -0.39 is 13.7 Å². The summed E-state index contributed by atoms with van der Waals surface area (Å²) < 4.78 is 28.2. The topological polar surface area (TPSA) is 78.9 Å². The molecule has 7 heteroatoms. The molecule has 0 aliphatic heterocycles. The third-order valence-corrected chi connectivity index (χ3v) is 5.38. The van der Waals surface area contributed by atoms with Crippen molar-refractivity contribution in [2.45, 2.75) is 46.1 Å². The van der Waals surface area contributed by atoms with Crippen molar-refractivity contribution >= 4 is 19.3 Å². The largest absolute Gasteiger partial charge is 0.457 e. The summed E-state index contributed by atoms with van der Waals surface area (Å²) in [5.41, 5.74) is 0.725. The molecule has 1 atom stereocenters. The van der Waals surface area contributed by atoms with Crippen LogP contribution in [0, 0.1) is 0 Å². The molecule has 0 saturated heterocycles. The highest BCUT2D eigenvalue weighted by Crippen LogP contribution is 2.48. The van der Waals surface area contributed by atoms with Gasteiger partial charge in [0, 0.05) is 12.8 Å². The lowest BCUT2D eigenvalue weighted by Gasteiger charge is -2.20. The minimum atomic E-state index is -3.46. The van der Waals surface area contributed by atoms with Crippen LogP contribution in [0.3, 0.4) is 0 Å². The van der Waals surface area contributed by atoms with Gasteiger partial charge in [0.25, 0.3) is 0 Å². The maximum Gasteiger partial charge on any atom is 0.338 e. The van der Waals surface area contributed by atoms with E-state index in [0.29, 0.717) is 6.42 Å². The lowest BCUT2D eigenvalue weighted by molar-refractivity contribution is -0.150. The summed E-state index contributed by atoms with van der Waals surface area (Å²) >= 11 is 0. The Hall–Kier alpha value is -1.49. The molecule has 140 valence electrons. The predicted octanol–water partition coefficient (Wildman–Crippen LogP) is 4.30. The highest BCUT2D eigenvalue weighted by Gasteiger charge is 2.30. The van der Waals surface area contributed by atoms with Crippen molar-refractivity contribution in [2.24, 2.45) is 0 Å². The lowest BCUT2D eigenvalue weighted by atomic mass is 10.0. The second-order valence-electron chi connectivity index (χ2n) is 5.49. The number of Topliss-reactive ketones (excluding diaryl/α,β-unsaturated/α-hetero) is 1. The number of benzene rings is 1. The number of hydrogen-bond donors (Lipinski definition) is 0. The number of ketones is 1. The van der Waals surface area contributed by atoms with Gasteiger partial charge in [0.2, 0.25) is 0 Å². The van der Waals surface area contributed by atoms with Crippen LogP contribution in [0.1, 0.15) is 51.7 Å². The van der Waals surface area contributed by atoms with Crippen LogP contribution in [0.25, 0.3) is 0 Å². The Morgan fingerprint density at radius 2 is 1.64 bits per heavy atom. The Bertz CT molecular complexity index is 576. The zero-order valence-electron chi connectivity index (χ0n) is 15.1. The number of carbonyl (C=O) groups excluding carboxylic acids is 2. The van der Waals surface area contributed by atoms with Gasteiger partial charge in [-0.3, -0.25) is 14.2 Å². The molecule has 0 spiro atoms. The number of esters is 1. The fourth-order valence-electron chi connectivity index (χ4n) is 2.33. The van der Waals surface area contributed by atoms with Crippen molar-refractivity contribution in [1.29, 1.82) is 0 Å². The first-order valence-electron chi connectivity index (χ1n) is 8.58. The fourth-order valence-corrected chi connectivity index (χ4v) is 3.93. The maximum atomic E-state index is 12.5. The van der Waals surface area contributed by atoms with Crippen LogP contribution in [0.15, 0.2) is 30.3 Å². The molecule has 0 aromatic heterocycles. The smallest absolute Gasteiger partial charge is 0.338 e. The van der Waals surface area contributed by atoms with Gasteiger partial charge >= 0.3 is 13.6 Å². The second-order valence-corrected chi connectivity index (χ2v) is 7.54. The van der Waals surface area contributed by atoms with E-state index in [9.17, 15) is 14.2 Å². The van der Waals surface area contributed by atoms with E-state index in [0.717, 1.165) is 5.56 Å². The SMILES string of the molecule is CCCC(=O)O[C@@H](CC(=O)CP(=O)(OCC)OCC)c1ccccc1. The zero-order chi connectivity index (χ0) is 18.7. The average molecular weight is 370 g/mol. The summed E-state index contributed by atoms with van der Waals surface area (Å²) in [5.74, 6) is -0.690. The maximum absolute atomic E-state index is 12.5. The van der Waals surface area contributed by atoms with Crippen molar-refractivity contribution in [3.63, 3.8) is 0 Å². The lowest BCUT2D eigenvalue weighted by Crippen LogP contribution is -2.18. The summed E-state index contributed by atoms with van der Waals surface area (Å²) in [7, 11) is -3.46. The van der Waals surface area contributed by atoms with E-state index in [2.05, 4.69) is 0 Å². The van der Waals surface area contributed by atoms with E-state index >= 15 is 0 Å². The van der Waals surface area contributed by atoms with Crippen LogP contribution >= 0.6 is 7.60 Å².